The van der Waals surface area contributed by atoms with Gasteiger partial charge in [-0.1, -0.05) is 17.3 Å². The highest BCUT2D eigenvalue weighted by atomic mass is 15.4. The predicted molar refractivity (Wildman–Crippen MR) is 73.4 cm³/mol. The Hall–Kier alpha value is -2.50. The van der Waals surface area contributed by atoms with Gasteiger partial charge in [0.1, 0.15) is 17.7 Å². The molecule has 2 heterocycles. The van der Waals surface area contributed by atoms with E-state index < -0.39 is 0 Å². The van der Waals surface area contributed by atoms with Crippen molar-refractivity contribution in [2.75, 3.05) is 11.9 Å². The molecule has 96 valence electrons. The standard InChI is InChI=1S/C13H14N6/c1-3-14-12-9(2)13(16-8-15-12)19-11-7-5-4-6-10(11)17-18-19/h4-8H,3H2,1-2H3,(H,14,15,16). The first kappa shape index (κ1) is 11.6. The Kier molecular flexibility index (Phi) is 2.83. The highest BCUT2D eigenvalue weighted by molar-refractivity contribution is 5.76. The lowest BCUT2D eigenvalue weighted by Gasteiger charge is -2.09. The molecule has 0 spiro atoms. The number of nitrogens with one attached hydrogen (secondary N) is 1. The molecule has 0 unspecified atom stereocenters. The van der Waals surface area contributed by atoms with Gasteiger partial charge < -0.3 is 5.32 Å². The van der Waals surface area contributed by atoms with Crippen LogP contribution in [0.5, 0.6) is 0 Å². The lowest BCUT2D eigenvalue weighted by Crippen LogP contribution is -2.08. The number of hydrogen-bond donors (Lipinski definition) is 1. The Morgan fingerprint density at radius 3 is 2.89 bits per heavy atom. The third-order valence-electron chi connectivity index (χ3n) is 2.95. The molecule has 6 heteroatoms. The summed E-state index contributed by atoms with van der Waals surface area (Å²) in [6.07, 6.45) is 1.54. The Morgan fingerprint density at radius 1 is 1.21 bits per heavy atom. The second-order valence-electron chi connectivity index (χ2n) is 4.19. The van der Waals surface area contributed by atoms with E-state index >= 15 is 0 Å². The van der Waals surface area contributed by atoms with Gasteiger partial charge in [-0.05, 0) is 26.0 Å². The van der Waals surface area contributed by atoms with Crippen LogP contribution in [0.2, 0.25) is 0 Å². The van der Waals surface area contributed by atoms with E-state index in [1.165, 1.54) is 6.33 Å². The zero-order valence-electron chi connectivity index (χ0n) is 10.8. The predicted octanol–water partition coefficient (Wildman–Crippen LogP) is 1.95. The SMILES string of the molecule is CCNc1ncnc(-n2nnc3ccccc32)c1C. The summed E-state index contributed by atoms with van der Waals surface area (Å²) in [5.74, 6) is 1.58. The van der Waals surface area contributed by atoms with E-state index in [0.717, 1.165) is 34.8 Å². The van der Waals surface area contributed by atoms with Crippen LogP contribution in [0.25, 0.3) is 16.9 Å². The van der Waals surface area contributed by atoms with Crippen LogP contribution in [-0.2, 0) is 0 Å². The van der Waals surface area contributed by atoms with Crippen molar-refractivity contribution in [1.82, 2.24) is 25.0 Å². The molecule has 3 aromatic rings. The van der Waals surface area contributed by atoms with E-state index in [0.29, 0.717) is 0 Å². The zero-order chi connectivity index (χ0) is 13.2. The largest absolute Gasteiger partial charge is 0.370 e. The molecule has 0 radical (unpaired) electrons. The van der Waals surface area contributed by atoms with Crippen LogP contribution < -0.4 is 5.32 Å². The summed E-state index contributed by atoms with van der Waals surface area (Å²) in [5.41, 5.74) is 2.75. The molecule has 0 saturated carbocycles. The van der Waals surface area contributed by atoms with Crippen molar-refractivity contribution < 1.29 is 0 Å². The lowest BCUT2D eigenvalue weighted by molar-refractivity contribution is 0.790. The van der Waals surface area contributed by atoms with Crippen LogP contribution in [0, 0.1) is 6.92 Å². The molecule has 1 N–H and O–H groups in total. The highest BCUT2D eigenvalue weighted by Gasteiger charge is 2.12. The Balaban J connectivity index is 2.19. The summed E-state index contributed by atoms with van der Waals surface area (Å²) in [5, 5.41) is 11.5. The number of aromatic nitrogens is 5. The van der Waals surface area contributed by atoms with Crippen molar-refractivity contribution in [2.24, 2.45) is 0 Å². The van der Waals surface area contributed by atoms with Gasteiger partial charge in [0.05, 0.1) is 5.52 Å². The summed E-state index contributed by atoms with van der Waals surface area (Å²) in [6, 6.07) is 7.81. The maximum Gasteiger partial charge on any atom is 0.164 e. The monoisotopic (exact) mass is 254 g/mol. The topological polar surface area (TPSA) is 68.5 Å². The van der Waals surface area contributed by atoms with Gasteiger partial charge in [0.25, 0.3) is 0 Å². The average molecular weight is 254 g/mol. The maximum atomic E-state index is 4.32. The molecule has 0 saturated heterocycles. The third kappa shape index (κ3) is 1.91. The quantitative estimate of drug-likeness (QED) is 0.773. The Morgan fingerprint density at radius 2 is 2.05 bits per heavy atom. The molecule has 3 rings (SSSR count). The summed E-state index contributed by atoms with van der Waals surface area (Å²) >= 11 is 0. The minimum Gasteiger partial charge on any atom is -0.370 e. The van der Waals surface area contributed by atoms with Crippen molar-refractivity contribution in [3.63, 3.8) is 0 Å². The van der Waals surface area contributed by atoms with E-state index in [1.807, 2.05) is 38.1 Å². The summed E-state index contributed by atoms with van der Waals surface area (Å²) in [4.78, 5) is 8.56. The second kappa shape index (κ2) is 4.64. The first-order valence-corrected chi connectivity index (χ1v) is 6.17. The lowest BCUT2D eigenvalue weighted by atomic mass is 10.3. The molecule has 0 fully saturated rings. The van der Waals surface area contributed by atoms with Crippen LogP contribution in [-0.4, -0.2) is 31.5 Å². The number of rotatable bonds is 3. The van der Waals surface area contributed by atoms with Gasteiger partial charge in [0, 0.05) is 12.1 Å². The number of hydrogen-bond acceptors (Lipinski definition) is 5. The van der Waals surface area contributed by atoms with Gasteiger partial charge in [-0.15, -0.1) is 5.10 Å². The molecule has 0 amide bonds. The fraction of sp³-hybridized carbons (Fsp3) is 0.231. The molecule has 6 nitrogen and oxygen atoms in total. The minimum absolute atomic E-state index is 0.750. The van der Waals surface area contributed by atoms with Crippen molar-refractivity contribution >= 4 is 16.9 Å². The normalized spacial score (nSPS) is 10.8. The highest BCUT2D eigenvalue weighted by Crippen LogP contribution is 2.20. The van der Waals surface area contributed by atoms with Gasteiger partial charge >= 0.3 is 0 Å². The van der Waals surface area contributed by atoms with Gasteiger partial charge in [0.2, 0.25) is 0 Å². The van der Waals surface area contributed by atoms with Crippen molar-refractivity contribution in [1.29, 1.82) is 0 Å². The number of fused-ring (bicyclic) bond motifs is 1. The molecule has 0 aliphatic rings. The van der Waals surface area contributed by atoms with Crippen molar-refractivity contribution in [2.45, 2.75) is 13.8 Å². The number of benzene rings is 1. The zero-order valence-corrected chi connectivity index (χ0v) is 10.8. The molecule has 19 heavy (non-hydrogen) atoms. The van der Waals surface area contributed by atoms with Crippen LogP contribution in [0.3, 0.4) is 0 Å². The fourth-order valence-electron chi connectivity index (χ4n) is 2.03. The Labute approximate surface area is 110 Å². The minimum atomic E-state index is 0.750. The fourth-order valence-corrected chi connectivity index (χ4v) is 2.03. The number of nitrogens with zero attached hydrogens (tertiary/aromatic N) is 5. The van der Waals surface area contributed by atoms with Crippen LogP contribution in [0.4, 0.5) is 5.82 Å². The molecule has 2 aromatic heterocycles. The van der Waals surface area contributed by atoms with E-state index in [2.05, 4.69) is 25.6 Å². The molecular weight excluding hydrogens is 240 g/mol. The summed E-state index contributed by atoms with van der Waals surface area (Å²) < 4.78 is 1.74. The Bertz CT molecular complexity index is 718. The summed E-state index contributed by atoms with van der Waals surface area (Å²) in [6.45, 7) is 4.82. The maximum absolute atomic E-state index is 4.32. The third-order valence-corrected chi connectivity index (χ3v) is 2.95. The first-order valence-electron chi connectivity index (χ1n) is 6.17. The number of para-hydroxylation sites is 1. The molecule has 1 aromatic carbocycles. The van der Waals surface area contributed by atoms with Crippen LogP contribution in [0.1, 0.15) is 12.5 Å². The van der Waals surface area contributed by atoms with Crippen LogP contribution >= 0.6 is 0 Å². The molecule has 0 aliphatic heterocycles. The van der Waals surface area contributed by atoms with Gasteiger partial charge in [-0.2, -0.15) is 4.68 Å². The van der Waals surface area contributed by atoms with Gasteiger partial charge in [-0.25, -0.2) is 9.97 Å². The van der Waals surface area contributed by atoms with E-state index in [9.17, 15) is 0 Å². The van der Waals surface area contributed by atoms with Crippen molar-refractivity contribution in [3.05, 3.63) is 36.2 Å². The molecule has 0 bridgehead atoms. The molecular formula is C13H14N6. The van der Waals surface area contributed by atoms with Crippen LogP contribution in [0.15, 0.2) is 30.6 Å². The van der Waals surface area contributed by atoms with Gasteiger partial charge in [0.15, 0.2) is 5.82 Å². The first-order chi connectivity index (χ1) is 9.31. The van der Waals surface area contributed by atoms with Crippen molar-refractivity contribution in [3.8, 4) is 5.82 Å². The molecule has 0 atom stereocenters. The second-order valence-corrected chi connectivity index (χ2v) is 4.19. The van der Waals surface area contributed by atoms with E-state index in [1.54, 1.807) is 4.68 Å². The van der Waals surface area contributed by atoms with E-state index in [4.69, 9.17) is 0 Å². The number of anilines is 1. The smallest absolute Gasteiger partial charge is 0.164 e. The molecule has 0 aliphatic carbocycles. The van der Waals surface area contributed by atoms with E-state index in [-0.39, 0.29) is 0 Å². The summed E-state index contributed by atoms with van der Waals surface area (Å²) in [7, 11) is 0. The van der Waals surface area contributed by atoms with Gasteiger partial charge in [-0.3, -0.25) is 0 Å². The average Bonchev–Trinajstić information content (AvgIpc) is 2.85.